The zero-order valence-corrected chi connectivity index (χ0v) is 27.9. The summed E-state index contributed by atoms with van der Waals surface area (Å²) < 4.78 is 0. The summed E-state index contributed by atoms with van der Waals surface area (Å²) in [5.74, 6) is 1.64. The van der Waals surface area contributed by atoms with Gasteiger partial charge in [0.05, 0.1) is 23.8 Å². The normalized spacial score (nSPS) is 20.2. The van der Waals surface area contributed by atoms with Gasteiger partial charge in [0.2, 0.25) is 0 Å². The molecule has 8 heteroatoms. The molecule has 8 nitrogen and oxygen atoms in total. The first kappa shape index (κ1) is 31.8. The number of aromatic nitrogens is 4. The van der Waals surface area contributed by atoms with Crippen molar-refractivity contribution < 1.29 is 9.59 Å². The highest BCUT2D eigenvalue weighted by molar-refractivity contribution is 5.92. The number of ketones is 2. The number of nitrogens with zero attached hydrogens (tertiary/aromatic N) is 2. The second-order valence-corrected chi connectivity index (χ2v) is 13.5. The molecule has 2 aromatic heterocycles. The number of imidazole rings is 2. The topological polar surface area (TPSA) is 116 Å². The van der Waals surface area contributed by atoms with Crippen molar-refractivity contribution in [3.8, 4) is 33.6 Å². The minimum atomic E-state index is -0.795. The van der Waals surface area contributed by atoms with E-state index in [0.29, 0.717) is 24.5 Å². The number of Topliss-reactive ketones (excluding diaryl/α,β-unsaturated/α-hetero) is 2. The highest BCUT2D eigenvalue weighted by Gasteiger charge is 2.45. The maximum atomic E-state index is 13.6. The minimum Gasteiger partial charge on any atom is -0.340 e. The van der Waals surface area contributed by atoms with Gasteiger partial charge >= 0.3 is 0 Å². The molecule has 2 fully saturated rings. The van der Waals surface area contributed by atoms with Crippen LogP contribution >= 0.6 is 0 Å². The van der Waals surface area contributed by atoms with Crippen LogP contribution in [0, 0.1) is 0 Å². The first-order valence-corrected chi connectivity index (χ1v) is 17.5. The molecule has 250 valence electrons. The standard InChI is InChI=1S/C42H40N6O2/c49-37(25-29-9-3-1-4-10-29)41(21-7-23-45-41)39-43-27-35(47-39)33-17-13-31(14-18-33)32-15-19-34(20-16-32)36-28-44-40(48-36)42(22-8-24-46-42)38(50)26-30-11-5-2-6-12-30/h1-6,9-20,27-28,45-46H,7-8,21-26H2,(H,43,47)(H,44,48). The first-order valence-electron chi connectivity index (χ1n) is 17.5. The van der Waals surface area contributed by atoms with Gasteiger partial charge in [0, 0.05) is 12.8 Å². The summed E-state index contributed by atoms with van der Waals surface area (Å²) in [6.07, 6.45) is 7.70. The number of carbonyl (C=O) groups excluding carboxylic acids is 2. The van der Waals surface area contributed by atoms with Gasteiger partial charge in [-0.2, -0.15) is 0 Å². The Labute approximate surface area is 291 Å². The first-order chi connectivity index (χ1) is 24.5. The summed E-state index contributed by atoms with van der Waals surface area (Å²) in [4.78, 5) is 43.6. The van der Waals surface area contributed by atoms with Crippen molar-refractivity contribution in [1.29, 1.82) is 0 Å². The Hall–Kier alpha value is -5.44. The number of H-pyrrole nitrogens is 2. The molecule has 8 rings (SSSR count). The van der Waals surface area contributed by atoms with Crippen molar-refractivity contribution in [3.05, 3.63) is 144 Å². The van der Waals surface area contributed by atoms with Crippen LogP contribution in [0.2, 0.25) is 0 Å². The molecule has 0 amide bonds. The fourth-order valence-electron chi connectivity index (χ4n) is 7.55. The Morgan fingerprint density at radius 2 is 0.900 bits per heavy atom. The third kappa shape index (κ3) is 6.01. The molecule has 2 aliphatic rings. The molecule has 2 unspecified atom stereocenters. The van der Waals surface area contributed by atoms with Gasteiger partial charge in [-0.15, -0.1) is 0 Å². The average molecular weight is 661 g/mol. The van der Waals surface area contributed by atoms with Crippen LogP contribution in [0.3, 0.4) is 0 Å². The summed E-state index contributed by atoms with van der Waals surface area (Å²) in [5, 5.41) is 6.96. The van der Waals surface area contributed by atoms with Gasteiger partial charge in [-0.25, -0.2) is 9.97 Å². The minimum absolute atomic E-state index is 0.138. The molecule has 4 heterocycles. The van der Waals surface area contributed by atoms with Crippen molar-refractivity contribution >= 4 is 11.6 Å². The van der Waals surface area contributed by atoms with Gasteiger partial charge in [-0.05, 0) is 72.2 Å². The van der Waals surface area contributed by atoms with E-state index in [2.05, 4.69) is 69.1 Å². The largest absolute Gasteiger partial charge is 0.340 e. The van der Waals surface area contributed by atoms with E-state index in [9.17, 15) is 9.59 Å². The zero-order chi connectivity index (χ0) is 34.0. The lowest BCUT2D eigenvalue weighted by Crippen LogP contribution is -2.46. The molecule has 6 aromatic rings. The fraction of sp³-hybridized carbons (Fsp3) is 0.238. The lowest BCUT2D eigenvalue weighted by atomic mass is 9.87. The summed E-state index contributed by atoms with van der Waals surface area (Å²) in [7, 11) is 0. The SMILES string of the molecule is O=C(Cc1ccccc1)C1(c2ncc(-c3ccc(-c4ccc(-c5cnc(C6(C(=O)Cc7ccccc7)CCCN6)[nH]5)cc4)cc3)[nH]2)CCCN1. The zero-order valence-electron chi connectivity index (χ0n) is 27.9. The monoisotopic (exact) mass is 660 g/mol. The highest BCUT2D eigenvalue weighted by atomic mass is 16.1. The van der Waals surface area contributed by atoms with Crippen LogP contribution in [0.1, 0.15) is 48.5 Å². The van der Waals surface area contributed by atoms with Crippen LogP contribution in [-0.4, -0.2) is 44.6 Å². The third-order valence-corrected chi connectivity index (χ3v) is 10.4. The lowest BCUT2D eigenvalue weighted by molar-refractivity contribution is -0.125. The smallest absolute Gasteiger partial charge is 0.164 e. The maximum Gasteiger partial charge on any atom is 0.164 e. The number of carbonyl (C=O) groups is 2. The molecular weight excluding hydrogens is 621 g/mol. The summed E-state index contributed by atoms with van der Waals surface area (Å²) in [6, 6.07) is 36.6. The van der Waals surface area contributed by atoms with Crippen molar-refractivity contribution in [2.24, 2.45) is 0 Å². The van der Waals surface area contributed by atoms with Gasteiger partial charge in [0.25, 0.3) is 0 Å². The van der Waals surface area contributed by atoms with Crippen molar-refractivity contribution in [2.75, 3.05) is 13.1 Å². The van der Waals surface area contributed by atoms with Crippen molar-refractivity contribution in [1.82, 2.24) is 30.6 Å². The Morgan fingerprint density at radius 3 is 1.26 bits per heavy atom. The molecule has 0 aliphatic carbocycles. The lowest BCUT2D eigenvalue weighted by Gasteiger charge is -2.26. The van der Waals surface area contributed by atoms with E-state index in [-0.39, 0.29) is 11.6 Å². The molecular formula is C42H40N6O2. The van der Waals surface area contributed by atoms with Gasteiger partial charge < -0.3 is 9.97 Å². The number of benzene rings is 4. The highest BCUT2D eigenvalue weighted by Crippen LogP contribution is 2.35. The van der Waals surface area contributed by atoms with Gasteiger partial charge in [-0.1, -0.05) is 109 Å². The number of hydrogen-bond acceptors (Lipinski definition) is 6. The number of hydrogen-bond donors (Lipinski definition) is 4. The van der Waals surface area contributed by atoms with Crippen LogP contribution in [0.4, 0.5) is 0 Å². The second kappa shape index (κ2) is 13.5. The third-order valence-electron chi connectivity index (χ3n) is 10.4. The fourth-order valence-corrected chi connectivity index (χ4v) is 7.55. The van der Waals surface area contributed by atoms with E-state index < -0.39 is 11.1 Å². The quantitative estimate of drug-likeness (QED) is 0.120. The predicted octanol–water partition coefficient (Wildman–Crippen LogP) is 6.91. The molecule has 0 radical (unpaired) electrons. The molecule has 4 N–H and O–H groups in total. The average Bonchev–Trinajstić information content (AvgIpc) is 4.00. The number of rotatable bonds is 11. The Kier molecular flexibility index (Phi) is 8.56. The van der Waals surface area contributed by atoms with Gasteiger partial charge in [0.15, 0.2) is 11.6 Å². The van der Waals surface area contributed by atoms with E-state index >= 15 is 0 Å². The van der Waals surface area contributed by atoms with E-state index in [1.54, 1.807) is 0 Å². The van der Waals surface area contributed by atoms with Crippen LogP contribution in [0.15, 0.2) is 122 Å². The molecule has 50 heavy (non-hydrogen) atoms. The predicted molar refractivity (Wildman–Crippen MR) is 195 cm³/mol. The summed E-state index contributed by atoms with van der Waals surface area (Å²) >= 11 is 0. The maximum absolute atomic E-state index is 13.6. The van der Waals surface area contributed by atoms with E-state index in [1.807, 2.05) is 73.1 Å². The Morgan fingerprint density at radius 1 is 0.520 bits per heavy atom. The van der Waals surface area contributed by atoms with Crippen molar-refractivity contribution in [2.45, 2.75) is 49.6 Å². The van der Waals surface area contributed by atoms with Crippen LogP contribution in [0.5, 0.6) is 0 Å². The second-order valence-electron chi connectivity index (χ2n) is 13.5. The van der Waals surface area contributed by atoms with Gasteiger partial charge in [-0.3, -0.25) is 20.2 Å². The molecule has 2 aliphatic heterocycles. The summed E-state index contributed by atoms with van der Waals surface area (Å²) in [6.45, 7) is 1.58. The van der Waals surface area contributed by atoms with Crippen LogP contribution < -0.4 is 10.6 Å². The molecule has 4 aromatic carbocycles. The molecule has 0 bridgehead atoms. The van der Waals surface area contributed by atoms with Crippen LogP contribution in [0.25, 0.3) is 33.6 Å². The van der Waals surface area contributed by atoms with E-state index in [1.165, 1.54) is 0 Å². The molecule has 0 saturated carbocycles. The summed E-state index contributed by atoms with van der Waals surface area (Å²) in [5.41, 5.74) is 6.41. The van der Waals surface area contributed by atoms with Crippen LogP contribution in [-0.2, 0) is 33.5 Å². The van der Waals surface area contributed by atoms with E-state index in [0.717, 1.165) is 83.5 Å². The van der Waals surface area contributed by atoms with Gasteiger partial charge in [0.1, 0.15) is 22.7 Å². The van der Waals surface area contributed by atoms with Crippen molar-refractivity contribution in [3.63, 3.8) is 0 Å². The number of nitrogens with one attached hydrogen (secondary N) is 4. The molecule has 2 atom stereocenters. The Bertz CT molecular complexity index is 1930. The molecule has 0 spiro atoms. The number of aromatic amines is 2. The molecule has 2 saturated heterocycles. The van der Waals surface area contributed by atoms with E-state index in [4.69, 9.17) is 9.97 Å². The Balaban J connectivity index is 0.967.